The number of hydrogen-bond donors (Lipinski definition) is 0. The zero-order valence-corrected chi connectivity index (χ0v) is 35.9. The van der Waals surface area contributed by atoms with Crippen LogP contribution in [0.2, 0.25) is 0 Å². The van der Waals surface area contributed by atoms with Crippen LogP contribution in [0.3, 0.4) is 0 Å². The maximum Gasteiger partial charge on any atom is 0.136 e. The predicted molar refractivity (Wildman–Crippen MR) is 280 cm³/mol. The molecule has 0 fully saturated rings. The number of hydrogen-bond acceptors (Lipinski definition) is 1. The van der Waals surface area contributed by atoms with Gasteiger partial charge in [0.1, 0.15) is 11.2 Å². The molecule has 14 rings (SSSR count). The van der Waals surface area contributed by atoms with Crippen LogP contribution in [-0.4, -0.2) is 4.57 Å². The first-order valence-electron chi connectivity index (χ1n) is 22.8. The summed E-state index contributed by atoms with van der Waals surface area (Å²) in [7, 11) is 0. The van der Waals surface area contributed by atoms with Gasteiger partial charge in [-0.1, -0.05) is 200 Å². The average Bonchev–Trinajstić information content (AvgIpc) is 3.94. The first-order valence-corrected chi connectivity index (χ1v) is 22.8. The number of para-hydroxylation sites is 3. The van der Waals surface area contributed by atoms with Gasteiger partial charge < -0.3 is 8.98 Å². The van der Waals surface area contributed by atoms with E-state index in [1.165, 1.54) is 98.3 Å². The lowest BCUT2D eigenvalue weighted by atomic mass is 9.84. The highest BCUT2D eigenvalue weighted by Crippen LogP contribution is 2.50. The summed E-state index contributed by atoms with van der Waals surface area (Å²) in [5, 5.41) is 14.5. The second-order valence-electron chi connectivity index (χ2n) is 17.4. The lowest BCUT2D eigenvalue weighted by Gasteiger charge is -2.19. The van der Waals surface area contributed by atoms with Gasteiger partial charge in [-0.25, -0.2) is 0 Å². The molecule has 0 atom stereocenters. The molecule has 2 heteroatoms. The molecule has 14 aromatic rings. The zero-order valence-electron chi connectivity index (χ0n) is 35.9. The first kappa shape index (κ1) is 36.7. The first-order chi connectivity index (χ1) is 32.8. The van der Waals surface area contributed by atoms with Crippen molar-refractivity contribution in [1.82, 2.24) is 4.57 Å². The highest BCUT2D eigenvalue weighted by Gasteiger charge is 2.24. The van der Waals surface area contributed by atoms with Crippen LogP contribution in [0.15, 0.2) is 241 Å². The smallest absolute Gasteiger partial charge is 0.136 e. The largest absolute Gasteiger partial charge is 0.456 e. The van der Waals surface area contributed by atoms with Gasteiger partial charge in [0.2, 0.25) is 0 Å². The number of fused-ring (bicyclic) bond motifs is 10. The molecule has 2 aromatic heterocycles. The van der Waals surface area contributed by atoms with E-state index >= 15 is 0 Å². The Morgan fingerprint density at radius 1 is 0.273 bits per heavy atom. The van der Waals surface area contributed by atoms with Crippen molar-refractivity contribution in [2.24, 2.45) is 0 Å². The van der Waals surface area contributed by atoms with Crippen LogP contribution in [0.4, 0.5) is 0 Å². The Bertz CT molecular complexity index is 4160. The molecule has 12 aromatic carbocycles. The molecule has 0 aliphatic heterocycles. The average molecular weight is 838 g/mol. The minimum atomic E-state index is 0.876. The second kappa shape index (κ2) is 14.4. The molecule has 0 saturated heterocycles. The zero-order chi connectivity index (χ0) is 43.3. The molecular weight excluding hydrogens is 799 g/mol. The molecule has 306 valence electrons. The Labute approximate surface area is 380 Å². The van der Waals surface area contributed by atoms with E-state index in [0.717, 1.165) is 38.8 Å². The van der Waals surface area contributed by atoms with Gasteiger partial charge in [-0.05, 0) is 118 Å². The van der Waals surface area contributed by atoms with Gasteiger partial charge in [0.15, 0.2) is 0 Å². The molecule has 0 N–H and O–H groups in total. The molecule has 0 bridgehead atoms. The number of nitrogens with zero attached hydrogens (tertiary/aromatic N) is 1. The summed E-state index contributed by atoms with van der Waals surface area (Å²) < 4.78 is 9.39. The van der Waals surface area contributed by atoms with Crippen LogP contribution >= 0.6 is 0 Å². The van der Waals surface area contributed by atoms with Crippen molar-refractivity contribution < 1.29 is 4.42 Å². The molecule has 0 aliphatic rings. The number of benzene rings is 12. The van der Waals surface area contributed by atoms with Crippen molar-refractivity contribution >= 4 is 86.8 Å². The Morgan fingerprint density at radius 3 is 1.33 bits per heavy atom. The van der Waals surface area contributed by atoms with Crippen molar-refractivity contribution in [3.05, 3.63) is 237 Å². The van der Waals surface area contributed by atoms with Crippen LogP contribution in [-0.2, 0) is 0 Å². The number of rotatable bonds is 5. The summed E-state index contributed by atoms with van der Waals surface area (Å²) >= 11 is 0. The van der Waals surface area contributed by atoms with Crippen molar-refractivity contribution in [2.45, 2.75) is 0 Å². The topological polar surface area (TPSA) is 18.1 Å². The summed E-state index contributed by atoms with van der Waals surface area (Å²) in [6.45, 7) is 0. The SMILES string of the molecule is c1ccc(-c2c3ccccc3c(-c3ccc4c(c3)oc3cccc(-c5c6ccccc6c(-c6cccc7c8ccccc8n(-c8ccccc8)c67)c6ccccc56)c34)c3ccccc23)cc1. The molecule has 0 amide bonds. The van der Waals surface area contributed by atoms with Gasteiger partial charge in [0, 0.05) is 32.8 Å². The molecular formula is C64H39NO. The number of aromatic nitrogens is 1. The minimum absolute atomic E-state index is 0.876. The lowest BCUT2D eigenvalue weighted by Crippen LogP contribution is -1.96. The Balaban J connectivity index is 1.02. The van der Waals surface area contributed by atoms with E-state index in [1.54, 1.807) is 0 Å². The third-order valence-corrected chi connectivity index (χ3v) is 14.0. The van der Waals surface area contributed by atoms with E-state index in [2.05, 4.69) is 241 Å². The summed E-state index contributed by atoms with van der Waals surface area (Å²) in [4.78, 5) is 0. The maximum absolute atomic E-state index is 6.94. The van der Waals surface area contributed by atoms with Crippen molar-refractivity contribution in [1.29, 1.82) is 0 Å². The second-order valence-corrected chi connectivity index (χ2v) is 17.4. The third-order valence-electron chi connectivity index (χ3n) is 14.0. The molecule has 0 unspecified atom stereocenters. The van der Waals surface area contributed by atoms with Gasteiger partial charge in [-0.15, -0.1) is 0 Å². The summed E-state index contributed by atoms with van der Waals surface area (Å²) in [6, 6.07) is 86.3. The van der Waals surface area contributed by atoms with Crippen LogP contribution in [0.1, 0.15) is 0 Å². The van der Waals surface area contributed by atoms with E-state index in [4.69, 9.17) is 4.42 Å². The molecule has 0 aliphatic carbocycles. The third kappa shape index (κ3) is 5.30. The fourth-order valence-electron chi connectivity index (χ4n) is 11.3. The molecule has 0 spiro atoms. The van der Waals surface area contributed by atoms with Crippen LogP contribution in [0.25, 0.3) is 137 Å². The molecule has 2 nitrogen and oxygen atoms in total. The Morgan fingerprint density at radius 2 is 0.727 bits per heavy atom. The molecule has 0 radical (unpaired) electrons. The minimum Gasteiger partial charge on any atom is -0.456 e. The fraction of sp³-hybridized carbons (Fsp3) is 0. The van der Waals surface area contributed by atoms with E-state index in [0.29, 0.717) is 0 Å². The van der Waals surface area contributed by atoms with E-state index in [1.807, 2.05) is 0 Å². The molecule has 66 heavy (non-hydrogen) atoms. The van der Waals surface area contributed by atoms with Crippen molar-refractivity contribution in [3.8, 4) is 50.2 Å². The Hall–Kier alpha value is -8.72. The van der Waals surface area contributed by atoms with Crippen LogP contribution in [0.5, 0.6) is 0 Å². The van der Waals surface area contributed by atoms with Crippen molar-refractivity contribution in [2.75, 3.05) is 0 Å². The highest BCUT2D eigenvalue weighted by atomic mass is 16.3. The van der Waals surface area contributed by atoms with E-state index in [9.17, 15) is 0 Å². The monoisotopic (exact) mass is 837 g/mol. The normalized spacial score (nSPS) is 11.9. The predicted octanol–water partition coefficient (Wildman–Crippen LogP) is 18.0. The van der Waals surface area contributed by atoms with Gasteiger partial charge in [0.05, 0.1) is 11.0 Å². The van der Waals surface area contributed by atoms with Gasteiger partial charge in [0.25, 0.3) is 0 Å². The van der Waals surface area contributed by atoms with Gasteiger partial charge >= 0.3 is 0 Å². The highest BCUT2D eigenvalue weighted by molar-refractivity contribution is 6.28. The summed E-state index contributed by atoms with van der Waals surface area (Å²) in [6.07, 6.45) is 0. The van der Waals surface area contributed by atoms with Crippen LogP contribution < -0.4 is 0 Å². The molecule has 2 heterocycles. The van der Waals surface area contributed by atoms with Gasteiger partial charge in [-0.2, -0.15) is 0 Å². The fourth-order valence-corrected chi connectivity index (χ4v) is 11.3. The van der Waals surface area contributed by atoms with Crippen LogP contribution in [0, 0.1) is 0 Å². The summed E-state index contributed by atoms with van der Waals surface area (Å²) in [5.74, 6) is 0. The lowest BCUT2D eigenvalue weighted by molar-refractivity contribution is 0.669. The van der Waals surface area contributed by atoms with E-state index < -0.39 is 0 Å². The van der Waals surface area contributed by atoms with Gasteiger partial charge in [-0.3, -0.25) is 0 Å². The van der Waals surface area contributed by atoms with Crippen molar-refractivity contribution in [3.63, 3.8) is 0 Å². The standard InChI is InChI=1S/C64H39NO/c1-3-19-40(20-4-1)59-44-24-7-9-26-46(44)60(47-27-10-8-25-45(47)59)41-37-38-53-58(39-41)66-57-36-18-33-54(63(53)57)61-48-28-11-13-30-50(48)62(51-31-14-12-29-49(51)61)55-34-17-32-52-43-23-15-16-35-56(43)65(64(52)55)42-21-5-2-6-22-42/h1-39H. The number of furan rings is 1. The summed E-state index contributed by atoms with van der Waals surface area (Å²) in [5.41, 5.74) is 15.0. The maximum atomic E-state index is 6.94. The Kier molecular flexibility index (Phi) is 8.02. The molecule has 0 saturated carbocycles. The van der Waals surface area contributed by atoms with E-state index in [-0.39, 0.29) is 0 Å². The quantitative estimate of drug-likeness (QED) is 0.158.